The zero-order chi connectivity index (χ0) is 12.0. The lowest BCUT2D eigenvalue weighted by molar-refractivity contribution is 0.409. The number of methoxy groups -OCH3 is 1. The Morgan fingerprint density at radius 1 is 1.25 bits per heavy atom. The first-order valence-corrected chi connectivity index (χ1v) is 7.55. The topological polar surface area (TPSA) is 43.4 Å². The van der Waals surface area contributed by atoms with Crippen LogP contribution in [0.5, 0.6) is 5.75 Å². The molecule has 0 unspecified atom stereocenters. The predicted octanol–water partition coefficient (Wildman–Crippen LogP) is 2.59. The Bertz CT molecular complexity index is 429. The largest absolute Gasteiger partial charge is 0.496 e. The van der Waals surface area contributed by atoms with Crippen molar-refractivity contribution in [1.82, 2.24) is 0 Å². The highest BCUT2D eigenvalue weighted by atomic mass is 35.7. The van der Waals surface area contributed by atoms with E-state index in [-0.39, 0.29) is 5.75 Å². The van der Waals surface area contributed by atoms with Crippen LogP contribution >= 0.6 is 10.7 Å². The van der Waals surface area contributed by atoms with Gasteiger partial charge < -0.3 is 4.74 Å². The van der Waals surface area contributed by atoms with E-state index in [0.29, 0.717) is 6.42 Å². The van der Waals surface area contributed by atoms with Gasteiger partial charge in [0.05, 0.1) is 12.9 Å². The molecule has 1 rings (SSSR count). The summed E-state index contributed by atoms with van der Waals surface area (Å²) in [5, 5.41) is 0. The van der Waals surface area contributed by atoms with E-state index in [0.717, 1.165) is 24.2 Å². The number of ether oxygens (including phenoxy) is 1. The van der Waals surface area contributed by atoms with Gasteiger partial charge in [0.25, 0.3) is 0 Å². The zero-order valence-electron chi connectivity index (χ0n) is 9.15. The normalized spacial score (nSPS) is 11.4. The smallest absolute Gasteiger partial charge is 0.232 e. The molecule has 0 aromatic heterocycles. The number of para-hydroxylation sites is 1. The number of rotatable bonds is 6. The third kappa shape index (κ3) is 4.86. The van der Waals surface area contributed by atoms with Crippen LogP contribution in [0, 0.1) is 0 Å². The van der Waals surface area contributed by atoms with Gasteiger partial charge >= 0.3 is 0 Å². The molecule has 1 aromatic rings. The maximum absolute atomic E-state index is 10.7. The summed E-state index contributed by atoms with van der Waals surface area (Å²) in [5.74, 6) is 0.875. The summed E-state index contributed by atoms with van der Waals surface area (Å²) in [6, 6.07) is 7.73. The van der Waals surface area contributed by atoms with Crippen LogP contribution in [-0.2, 0) is 15.5 Å². The molecule has 0 saturated carbocycles. The van der Waals surface area contributed by atoms with E-state index in [1.54, 1.807) is 7.11 Å². The molecule has 3 nitrogen and oxygen atoms in total. The standard InChI is InChI=1S/C11H15ClO3S/c1-15-11-8-3-2-6-10(11)7-4-5-9-16(12,13)14/h2-3,6,8H,4-5,7,9H2,1H3. The zero-order valence-corrected chi connectivity index (χ0v) is 10.7. The van der Waals surface area contributed by atoms with Crippen LogP contribution in [0.4, 0.5) is 0 Å². The molecule has 90 valence electrons. The van der Waals surface area contributed by atoms with E-state index >= 15 is 0 Å². The molecule has 0 atom stereocenters. The molecule has 0 amide bonds. The summed E-state index contributed by atoms with van der Waals surface area (Å²) < 4.78 is 26.6. The second-order valence-electron chi connectivity index (χ2n) is 3.51. The summed E-state index contributed by atoms with van der Waals surface area (Å²) in [6.45, 7) is 0. The first-order chi connectivity index (χ1) is 7.53. The van der Waals surface area contributed by atoms with Gasteiger partial charge in [0.15, 0.2) is 0 Å². The minimum absolute atomic E-state index is 0.0315. The van der Waals surface area contributed by atoms with Gasteiger partial charge in [-0.25, -0.2) is 8.42 Å². The van der Waals surface area contributed by atoms with Gasteiger partial charge in [0.1, 0.15) is 5.75 Å². The second-order valence-corrected chi connectivity index (χ2v) is 6.41. The molecular weight excluding hydrogens is 248 g/mol. The van der Waals surface area contributed by atoms with E-state index in [1.807, 2.05) is 24.3 Å². The average Bonchev–Trinajstić information content (AvgIpc) is 2.23. The molecule has 5 heteroatoms. The highest BCUT2D eigenvalue weighted by Crippen LogP contribution is 2.19. The van der Waals surface area contributed by atoms with Gasteiger partial charge in [-0.05, 0) is 30.9 Å². The third-order valence-corrected chi connectivity index (χ3v) is 3.52. The van der Waals surface area contributed by atoms with Crippen molar-refractivity contribution in [2.24, 2.45) is 0 Å². The lowest BCUT2D eigenvalue weighted by atomic mass is 10.1. The van der Waals surface area contributed by atoms with Crippen molar-refractivity contribution in [2.75, 3.05) is 12.9 Å². The highest BCUT2D eigenvalue weighted by molar-refractivity contribution is 8.13. The van der Waals surface area contributed by atoms with Gasteiger partial charge in [-0.15, -0.1) is 0 Å². The monoisotopic (exact) mass is 262 g/mol. The van der Waals surface area contributed by atoms with E-state index in [2.05, 4.69) is 0 Å². The molecule has 0 aliphatic carbocycles. The van der Waals surface area contributed by atoms with Crippen LogP contribution in [0.15, 0.2) is 24.3 Å². The fraction of sp³-hybridized carbons (Fsp3) is 0.455. The summed E-state index contributed by atoms with van der Waals surface area (Å²) >= 11 is 0. The lowest BCUT2D eigenvalue weighted by Gasteiger charge is -2.07. The van der Waals surface area contributed by atoms with Crippen molar-refractivity contribution in [3.8, 4) is 5.75 Å². The maximum atomic E-state index is 10.7. The second kappa shape index (κ2) is 6.11. The Kier molecular flexibility index (Phi) is 5.09. The lowest BCUT2D eigenvalue weighted by Crippen LogP contribution is -1.98. The molecule has 0 radical (unpaired) electrons. The molecule has 0 fully saturated rings. The number of aryl methyl sites for hydroxylation is 1. The summed E-state index contributed by atoms with van der Waals surface area (Å²) in [5.41, 5.74) is 1.09. The fourth-order valence-corrected chi connectivity index (χ4v) is 2.38. The van der Waals surface area contributed by atoms with Gasteiger partial charge in [0.2, 0.25) is 9.05 Å². The first-order valence-electron chi connectivity index (χ1n) is 5.07. The fourth-order valence-electron chi connectivity index (χ4n) is 1.50. The van der Waals surface area contributed by atoms with Gasteiger partial charge in [-0.2, -0.15) is 0 Å². The molecule has 0 heterocycles. The predicted molar refractivity (Wildman–Crippen MR) is 65.6 cm³/mol. The number of unbranched alkanes of at least 4 members (excludes halogenated alkanes) is 1. The molecule has 0 N–H and O–H groups in total. The van der Waals surface area contributed by atoms with Crippen molar-refractivity contribution in [3.05, 3.63) is 29.8 Å². The molecule has 16 heavy (non-hydrogen) atoms. The molecule has 0 aliphatic rings. The van der Waals surface area contributed by atoms with Crippen molar-refractivity contribution in [1.29, 1.82) is 0 Å². The van der Waals surface area contributed by atoms with Crippen LogP contribution in [0.3, 0.4) is 0 Å². The Morgan fingerprint density at radius 2 is 1.94 bits per heavy atom. The van der Waals surface area contributed by atoms with Crippen LogP contribution in [0.25, 0.3) is 0 Å². The van der Waals surface area contributed by atoms with Crippen LogP contribution in [-0.4, -0.2) is 21.3 Å². The van der Waals surface area contributed by atoms with E-state index in [1.165, 1.54) is 0 Å². The number of hydrogen-bond acceptors (Lipinski definition) is 3. The molecule has 0 saturated heterocycles. The summed E-state index contributed by atoms with van der Waals surface area (Å²) in [6.07, 6.45) is 2.16. The summed E-state index contributed by atoms with van der Waals surface area (Å²) in [4.78, 5) is 0. The Balaban J connectivity index is 2.43. The highest BCUT2D eigenvalue weighted by Gasteiger charge is 2.05. The van der Waals surface area contributed by atoms with Crippen molar-refractivity contribution in [2.45, 2.75) is 19.3 Å². The molecule has 0 spiro atoms. The van der Waals surface area contributed by atoms with Crippen molar-refractivity contribution < 1.29 is 13.2 Å². The minimum Gasteiger partial charge on any atom is -0.496 e. The van der Waals surface area contributed by atoms with Gasteiger partial charge in [-0.1, -0.05) is 18.2 Å². The molecular formula is C11H15ClO3S. The van der Waals surface area contributed by atoms with Gasteiger partial charge in [-0.3, -0.25) is 0 Å². The Hall–Kier alpha value is -0.740. The minimum atomic E-state index is -3.35. The van der Waals surface area contributed by atoms with Crippen molar-refractivity contribution >= 4 is 19.7 Å². The third-order valence-electron chi connectivity index (χ3n) is 2.28. The number of benzene rings is 1. The maximum Gasteiger partial charge on any atom is 0.232 e. The van der Waals surface area contributed by atoms with Crippen molar-refractivity contribution in [3.63, 3.8) is 0 Å². The Labute approximate surface area is 101 Å². The van der Waals surface area contributed by atoms with Crippen LogP contribution < -0.4 is 4.74 Å². The van der Waals surface area contributed by atoms with E-state index in [9.17, 15) is 8.42 Å². The van der Waals surface area contributed by atoms with E-state index < -0.39 is 9.05 Å². The number of hydrogen-bond donors (Lipinski definition) is 0. The molecule has 1 aromatic carbocycles. The first kappa shape index (κ1) is 13.3. The molecule has 0 aliphatic heterocycles. The quantitative estimate of drug-likeness (QED) is 0.585. The average molecular weight is 263 g/mol. The molecule has 0 bridgehead atoms. The summed E-state index contributed by atoms with van der Waals surface area (Å²) in [7, 11) is 3.39. The Morgan fingerprint density at radius 3 is 2.56 bits per heavy atom. The van der Waals surface area contributed by atoms with Crippen LogP contribution in [0.1, 0.15) is 18.4 Å². The van der Waals surface area contributed by atoms with Gasteiger partial charge in [0, 0.05) is 10.7 Å². The van der Waals surface area contributed by atoms with E-state index in [4.69, 9.17) is 15.4 Å². The van der Waals surface area contributed by atoms with Crippen LogP contribution in [0.2, 0.25) is 0 Å². The number of halogens is 1. The SMILES string of the molecule is COc1ccccc1CCCCS(=O)(=O)Cl.